The number of imidazole rings is 1. The number of ether oxygens (including phenoxy) is 2. The molecule has 124 valence electrons. The van der Waals surface area contributed by atoms with E-state index in [0.717, 1.165) is 0 Å². The molecule has 3 heterocycles. The highest BCUT2D eigenvalue weighted by atomic mass is 32.1. The lowest BCUT2D eigenvalue weighted by atomic mass is 10.1. The molecule has 23 heavy (non-hydrogen) atoms. The van der Waals surface area contributed by atoms with E-state index in [2.05, 4.69) is 15.0 Å². The number of fused-ring (bicyclic) bond motifs is 1. The minimum atomic E-state index is -1.21. The first-order valence-corrected chi connectivity index (χ1v) is 7.17. The third kappa shape index (κ3) is 2.57. The maximum absolute atomic E-state index is 11.3. The van der Waals surface area contributed by atoms with Gasteiger partial charge in [-0.1, -0.05) is 0 Å². The van der Waals surface area contributed by atoms with Gasteiger partial charge in [0.1, 0.15) is 24.1 Å². The molecule has 4 atom stereocenters. The number of anilines is 1. The van der Waals surface area contributed by atoms with Gasteiger partial charge in [-0.25, -0.2) is 9.97 Å². The predicted molar refractivity (Wildman–Crippen MR) is 79.7 cm³/mol. The van der Waals surface area contributed by atoms with E-state index >= 15 is 0 Å². The SMILES string of the molecule is CC(=O)O[C@@H]1[C@H](O)[C@@H](CO)O[C@H]1n1c(=S)[nH]c2c(N)ncnc21. The fourth-order valence-electron chi connectivity index (χ4n) is 2.59. The fraction of sp³-hybridized carbons (Fsp3) is 0.500. The molecule has 1 saturated heterocycles. The highest BCUT2D eigenvalue weighted by Crippen LogP contribution is 2.34. The molecule has 0 saturated carbocycles. The number of nitrogens with one attached hydrogen (secondary N) is 1. The number of aliphatic hydroxyl groups is 2. The Hall–Kier alpha value is -2.08. The van der Waals surface area contributed by atoms with Crippen LogP contribution in [0.3, 0.4) is 0 Å². The van der Waals surface area contributed by atoms with Gasteiger partial charge in [-0.3, -0.25) is 9.36 Å². The molecule has 2 aromatic heterocycles. The largest absolute Gasteiger partial charge is 0.455 e. The van der Waals surface area contributed by atoms with Crippen LogP contribution in [0.4, 0.5) is 5.82 Å². The van der Waals surface area contributed by atoms with Crippen LogP contribution in [-0.4, -0.2) is 60.6 Å². The molecule has 3 rings (SSSR count). The summed E-state index contributed by atoms with van der Waals surface area (Å²) in [4.78, 5) is 22.1. The second kappa shape index (κ2) is 5.85. The van der Waals surface area contributed by atoms with Crippen molar-refractivity contribution < 1.29 is 24.5 Å². The fourth-order valence-corrected chi connectivity index (χ4v) is 2.88. The third-order valence-corrected chi connectivity index (χ3v) is 3.88. The van der Waals surface area contributed by atoms with Crippen LogP contribution in [0.5, 0.6) is 0 Å². The number of nitrogen functional groups attached to an aromatic ring is 1. The van der Waals surface area contributed by atoms with Gasteiger partial charge >= 0.3 is 5.97 Å². The first-order valence-electron chi connectivity index (χ1n) is 6.76. The molecule has 11 heteroatoms. The highest BCUT2D eigenvalue weighted by Gasteiger charge is 2.47. The Morgan fingerprint density at radius 2 is 2.35 bits per heavy atom. The first kappa shape index (κ1) is 15.8. The number of aliphatic hydroxyl groups excluding tert-OH is 2. The van der Waals surface area contributed by atoms with Crippen LogP contribution in [0.2, 0.25) is 0 Å². The molecule has 1 aliphatic rings. The number of rotatable bonds is 3. The third-order valence-electron chi connectivity index (χ3n) is 3.58. The minimum Gasteiger partial charge on any atom is -0.455 e. The number of carbonyl (C=O) groups is 1. The summed E-state index contributed by atoms with van der Waals surface area (Å²) in [6.45, 7) is 0.771. The summed E-state index contributed by atoms with van der Waals surface area (Å²) in [6.07, 6.45) is -2.88. The van der Waals surface area contributed by atoms with Crippen LogP contribution >= 0.6 is 12.2 Å². The summed E-state index contributed by atoms with van der Waals surface area (Å²) < 4.78 is 12.4. The van der Waals surface area contributed by atoms with Crippen molar-refractivity contribution in [3.8, 4) is 0 Å². The van der Waals surface area contributed by atoms with E-state index < -0.39 is 37.1 Å². The van der Waals surface area contributed by atoms with Crippen molar-refractivity contribution in [1.29, 1.82) is 0 Å². The maximum Gasteiger partial charge on any atom is 0.303 e. The van der Waals surface area contributed by atoms with Crippen LogP contribution < -0.4 is 5.73 Å². The van der Waals surface area contributed by atoms with E-state index in [-0.39, 0.29) is 10.6 Å². The lowest BCUT2D eigenvalue weighted by Gasteiger charge is -2.21. The van der Waals surface area contributed by atoms with E-state index in [9.17, 15) is 15.0 Å². The summed E-state index contributed by atoms with van der Waals surface area (Å²) in [5.41, 5.74) is 6.53. The van der Waals surface area contributed by atoms with Crippen LogP contribution in [0, 0.1) is 4.77 Å². The van der Waals surface area contributed by atoms with Crippen molar-refractivity contribution in [2.45, 2.75) is 31.5 Å². The smallest absolute Gasteiger partial charge is 0.303 e. The number of H-pyrrole nitrogens is 1. The Morgan fingerprint density at radius 3 is 3.00 bits per heavy atom. The molecule has 0 aromatic carbocycles. The number of carbonyl (C=O) groups excluding carboxylic acids is 1. The van der Waals surface area contributed by atoms with Gasteiger partial charge in [-0.2, -0.15) is 0 Å². The van der Waals surface area contributed by atoms with Crippen LogP contribution in [0.15, 0.2) is 6.33 Å². The van der Waals surface area contributed by atoms with Gasteiger partial charge in [0.05, 0.1) is 6.61 Å². The average Bonchev–Trinajstić information content (AvgIpc) is 2.98. The second-order valence-electron chi connectivity index (χ2n) is 5.07. The molecule has 0 amide bonds. The molecular weight excluding hydrogens is 326 g/mol. The predicted octanol–water partition coefficient (Wildman–Crippen LogP) is -0.747. The highest BCUT2D eigenvalue weighted by molar-refractivity contribution is 7.71. The number of hydrogen-bond acceptors (Lipinski definition) is 9. The van der Waals surface area contributed by atoms with E-state index in [0.29, 0.717) is 11.2 Å². The van der Waals surface area contributed by atoms with E-state index in [1.165, 1.54) is 17.8 Å². The van der Waals surface area contributed by atoms with Crippen LogP contribution in [0.25, 0.3) is 11.2 Å². The summed E-state index contributed by atoms with van der Waals surface area (Å²) in [5, 5.41) is 19.5. The van der Waals surface area contributed by atoms with Gasteiger partial charge < -0.3 is 30.4 Å². The number of aromatic amines is 1. The maximum atomic E-state index is 11.3. The van der Waals surface area contributed by atoms with Crippen LogP contribution in [-0.2, 0) is 14.3 Å². The lowest BCUT2D eigenvalue weighted by Crippen LogP contribution is -2.36. The van der Waals surface area contributed by atoms with Crippen molar-refractivity contribution in [2.24, 2.45) is 0 Å². The second-order valence-corrected chi connectivity index (χ2v) is 5.46. The normalized spacial score (nSPS) is 27.4. The zero-order chi connectivity index (χ0) is 16.7. The standard InChI is InChI=1S/C12H15N5O5S/c1-4(19)21-8-7(20)5(2-18)22-11(8)17-10-6(16-12(17)23)9(13)14-3-15-10/h3,5,7-8,11,18,20H,2H2,1H3,(H,16,23)(H2,13,14,15)/t5-,7-,8-,11-/m1/s1. The number of nitrogens with zero attached hydrogens (tertiary/aromatic N) is 3. The summed E-state index contributed by atoms with van der Waals surface area (Å²) in [6, 6.07) is 0. The van der Waals surface area contributed by atoms with Gasteiger partial charge in [0.2, 0.25) is 0 Å². The first-order chi connectivity index (χ1) is 10.9. The Labute approximate surface area is 134 Å². The molecule has 0 bridgehead atoms. The van der Waals surface area contributed by atoms with Crippen molar-refractivity contribution in [3.63, 3.8) is 0 Å². The van der Waals surface area contributed by atoms with Gasteiger partial charge in [0, 0.05) is 6.92 Å². The molecule has 5 N–H and O–H groups in total. The van der Waals surface area contributed by atoms with Crippen LogP contribution in [0.1, 0.15) is 13.2 Å². The number of hydrogen-bond donors (Lipinski definition) is 4. The van der Waals surface area contributed by atoms with E-state index in [4.69, 9.17) is 27.4 Å². The van der Waals surface area contributed by atoms with Crippen molar-refractivity contribution in [3.05, 3.63) is 11.1 Å². The van der Waals surface area contributed by atoms with Gasteiger partial charge in [0.15, 0.2) is 28.6 Å². The molecule has 0 aliphatic carbocycles. The Balaban J connectivity index is 2.12. The molecule has 1 fully saturated rings. The zero-order valence-corrected chi connectivity index (χ0v) is 12.9. The summed E-state index contributed by atoms with van der Waals surface area (Å²) in [5.74, 6) is -0.400. The lowest BCUT2D eigenvalue weighted by molar-refractivity contribution is -0.155. The minimum absolute atomic E-state index is 0.195. The molecular formula is C12H15N5O5S. The number of esters is 1. The van der Waals surface area contributed by atoms with Crippen molar-refractivity contribution >= 4 is 35.2 Å². The summed E-state index contributed by atoms with van der Waals surface area (Å²) in [7, 11) is 0. The van der Waals surface area contributed by atoms with Gasteiger partial charge in [-0.15, -0.1) is 0 Å². The van der Waals surface area contributed by atoms with Crippen molar-refractivity contribution in [1.82, 2.24) is 19.5 Å². The topological polar surface area (TPSA) is 149 Å². The Bertz CT molecular complexity index is 805. The Morgan fingerprint density at radius 1 is 1.61 bits per heavy atom. The van der Waals surface area contributed by atoms with E-state index in [1.54, 1.807) is 0 Å². The quantitative estimate of drug-likeness (QED) is 0.418. The molecule has 0 radical (unpaired) electrons. The Kier molecular flexibility index (Phi) is 4.02. The number of aromatic nitrogens is 4. The summed E-state index contributed by atoms with van der Waals surface area (Å²) >= 11 is 5.25. The molecule has 0 unspecified atom stereocenters. The number of nitrogens with two attached hydrogens (primary N) is 1. The molecule has 1 aliphatic heterocycles. The average molecular weight is 341 g/mol. The zero-order valence-electron chi connectivity index (χ0n) is 12.0. The monoisotopic (exact) mass is 341 g/mol. The van der Waals surface area contributed by atoms with Gasteiger partial charge in [0.25, 0.3) is 0 Å². The van der Waals surface area contributed by atoms with E-state index in [1.807, 2.05) is 0 Å². The van der Waals surface area contributed by atoms with Crippen molar-refractivity contribution in [2.75, 3.05) is 12.3 Å². The molecule has 10 nitrogen and oxygen atoms in total. The molecule has 2 aromatic rings. The molecule has 0 spiro atoms. The van der Waals surface area contributed by atoms with Gasteiger partial charge in [-0.05, 0) is 12.2 Å².